The summed E-state index contributed by atoms with van der Waals surface area (Å²) < 4.78 is 21.9. The number of nitrogens with one attached hydrogen (secondary N) is 2. The van der Waals surface area contributed by atoms with Crippen LogP contribution in [-0.2, 0) is 14.6 Å². The van der Waals surface area contributed by atoms with Gasteiger partial charge in [-0.05, 0) is 6.92 Å². The highest BCUT2D eigenvalue weighted by atomic mass is 32.2. The summed E-state index contributed by atoms with van der Waals surface area (Å²) in [6.07, 6.45) is 1.08. The van der Waals surface area contributed by atoms with Gasteiger partial charge in [-0.1, -0.05) is 6.92 Å². The van der Waals surface area contributed by atoms with Crippen molar-refractivity contribution >= 4 is 21.8 Å². The van der Waals surface area contributed by atoms with E-state index in [2.05, 4.69) is 10.6 Å². The third-order valence-electron chi connectivity index (χ3n) is 1.92. The first-order chi connectivity index (χ1) is 7.61. The van der Waals surface area contributed by atoms with Gasteiger partial charge in [-0.15, -0.1) is 0 Å². The maximum Gasteiger partial charge on any atom is 0.315 e. The Hall–Kier alpha value is -1.31. The SMILES string of the molecule is CC(CS(C)(=O)=O)NC(=O)NCC(C)C(=O)O. The Bertz CT molecular complexity index is 379. The molecule has 0 aromatic rings. The molecule has 0 aliphatic carbocycles. The molecule has 0 aliphatic rings. The van der Waals surface area contributed by atoms with Gasteiger partial charge in [-0.2, -0.15) is 0 Å². The molecular weight excluding hydrogens is 248 g/mol. The average molecular weight is 266 g/mol. The Morgan fingerprint density at radius 3 is 2.24 bits per heavy atom. The number of aliphatic carboxylic acids is 1. The molecule has 0 saturated carbocycles. The van der Waals surface area contributed by atoms with Crippen LogP contribution in [0.15, 0.2) is 0 Å². The Morgan fingerprint density at radius 1 is 1.29 bits per heavy atom. The number of sulfone groups is 1. The summed E-state index contributed by atoms with van der Waals surface area (Å²) in [6.45, 7) is 3.01. The Kier molecular flexibility index (Phi) is 5.94. The van der Waals surface area contributed by atoms with E-state index in [4.69, 9.17) is 5.11 Å². The molecule has 3 N–H and O–H groups in total. The minimum absolute atomic E-state index is 0.00718. The highest BCUT2D eigenvalue weighted by Crippen LogP contribution is 1.92. The van der Waals surface area contributed by atoms with Gasteiger partial charge < -0.3 is 15.7 Å². The summed E-state index contributed by atoms with van der Waals surface area (Å²) in [5.74, 6) is -1.85. The van der Waals surface area contributed by atoms with E-state index in [0.29, 0.717) is 0 Å². The Morgan fingerprint density at radius 2 is 1.82 bits per heavy atom. The van der Waals surface area contributed by atoms with Crippen LogP contribution in [0, 0.1) is 5.92 Å². The molecule has 2 unspecified atom stereocenters. The monoisotopic (exact) mass is 266 g/mol. The van der Waals surface area contributed by atoms with Gasteiger partial charge in [0.05, 0.1) is 11.7 Å². The highest BCUT2D eigenvalue weighted by Gasteiger charge is 2.15. The van der Waals surface area contributed by atoms with Crippen LogP contribution in [0.1, 0.15) is 13.8 Å². The third-order valence-corrected chi connectivity index (χ3v) is 3.03. The number of rotatable bonds is 6. The van der Waals surface area contributed by atoms with Gasteiger partial charge in [0.25, 0.3) is 0 Å². The van der Waals surface area contributed by atoms with Crippen molar-refractivity contribution in [3.05, 3.63) is 0 Å². The zero-order chi connectivity index (χ0) is 13.6. The van der Waals surface area contributed by atoms with Crippen molar-refractivity contribution in [3.63, 3.8) is 0 Å². The van der Waals surface area contributed by atoms with Gasteiger partial charge in [0.15, 0.2) is 0 Å². The number of urea groups is 1. The molecule has 17 heavy (non-hydrogen) atoms. The van der Waals surface area contributed by atoms with Crippen LogP contribution in [-0.4, -0.2) is 50.1 Å². The standard InChI is InChI=1S/C9H18N2O5S/c1-6(8(12)13)4-10-9(14)11-7(2)5-17(3,15)16/h6-7H,4-5H2,1-3H3,(H,12,13)(H2,10,11,14). The molecule has 0 aromatic heterocycles. The summed E-state index contributed by atoms with van der Waals surface area (Å²) in [5, 5.41) is 13.3. The topological polar surface area (TPSA) is 113 Å². The molecule has 0 aliphatic heterocycles. The van der Waals surface area contributed by atoms with Gasteiger partial charge in [-0.25, -0.2) is 13.2 Å². The lowest BCUT2D eigenvalue weighted by Crippen LogP contribution is -2.45. The maximum atomic E-state index is 11.3. The second-order valence-corrected chi connectivity index (χ2v) is 6.27. The molecule has 0 radical (unpaired) electrons. The molecule has 0 fully saturated rings. The fourth-order valence-corrected chi connectivity index (χ4v) is 2.10. The smallest absolute Gasteiger partial charge is 0.315 e. The third kappa shape index (κ3) is 8.49. The molecule has 8 heteroatoms. The minimum atomic E-state index is -3.15. The predicted octanol–water partition coefficient (Wildman–Crippen LogP) is -0.561. The Balaban J connectivity index is 3.99. The van der Waals surface area contributed by atoms with Crippen molar-refractivity contribution in [1.29, 1.82) is 0 Å². The number of hydrogen-bond donors (Lipinski definition) is 3. The van der Waals surface area contributed by atoms with Crippen molar-refractivity contribution < 1.29 is 23.1 Å². The van der Waals surface area contributed by atoms with Crippen molar-refractivity contribution in [1.82, 2.24) is 10.6 Å². The summed E-state index contributed by atoms with van der Waals surface area (Å²) in [4.78, 5) is 21.7. The van der Waals surface area contributed by atoms with Crippen molar-refractivity contribution in [2.45, 2.75) is 19.9 Å². The van der Waals surface area contributed by atoms with Crippen LogP contribution in [0.5, 0.6) is 0 Å². The van der Waals surface area contributed by atoms with Crippen LogP contribution in [0.4, 0.5) is 4.79 Å². The first-order valence-electron chi connectivity index (χ1n) is 5.06. The molecule has 7 nitrogen and oxygen atoms in total. The van der Waals surface area contributed by atoms with Crippen molar-refractivity contribution in [3.8, 4) is 0 Å². The molecule has 0 spiro atoms. The summed E-state index contributed by atoms with van der Waals surface area (Å²) in [5.41, 5.74) is 0. The number of carbonyl (C=O) groups is 2. The second-order valence-electron chi connectivity index (χ2n) is 4.09. The van der Waals surface area contributed by atoms with E-state index < -0.39 is 33.8 Å². The molecule has 2 amide bonds. The number of carboxylic acids is 1. The van der Waals surface area contributed by atoms with Gasteiger partial charge in [0.2, 0.25) is 0 Å². The molecular formula is C9H18N2O5S. The molecule has 0 heterocycles. The van der Waals surface area contributed by atoms with E-state index in [1.165, 1.54) is 6.92 Å². The van der Waals surface area contributed by atoms with E-state index in [9.17, 15) is 18.0 Å². The Labute approximate surface area is 101 Å². The summed E-state index contributed by atoms with van der Waals surface area (Å²) >= 11 is 0. The van der Waals surface area contributed by atoms with E-state index in [-0.39, 0.29) is 12.3 Å². The van der Waals surface area contributed by atoms with Gasteiger partial charge in [-0.3, -0.25) is 4.79 Å². The quantitative estimate of drug-likeness (QED) is 0.596. The second kappa shape index (κ2) is 6.43. The predicted molar refractivity (Wildman–Crippen MR) is 62.5 cm³/mol. The summed E-state index contributed by atoms with van der Waals surface area (Å²) in [6, 6.07) is -1.10. The molecule has 0 saturated heterocycles. The van der Waals surface area contributed by atoms with Gasteiger partial charge in [0, 0.05) is 18.8 Å². The lowest BCUT2D eigenvalue weighted by atomic mass is 10.2. The van der Waals surface area contributed by atoms with E-state index in [1.54, 1.807) is 6.92 Å². The maximum absolute atomic E-state index is 11.3. The number of amides is 2. The van der Waals surface area contributed by atoms with Crippen LogP contribution in [0.3, 0.4) is 0 Å². The number of hydrogen-bond acceptors (Lipinski definition) is 4. The molecule has 0 aromatic carbocycles. The number of carboxylic acid groups (broad SMARTS) is 1. The highest BCUT2D eigenvalue weighted by molar-refractivity contribution is 7.90. The lowest BCUT2D eigenvalue weighted by Gasteiger charge is -2.14. The normalized spacial score (nSPS) is 14.8. The molecule has 0 rings (SSSR count). The fraction of sp³-hybridized carbons (Fsp3) is 0.778. The first-order valence-corrected chi connectivity index (χ1v) is 7.12. The number of carbonyl (C=O) groups excluding carboxylic acids is 1. The van der Waals surface area contributed by atoms with Crippen LogP contribution in [0.25, 0.3) is 0 Å². The van der Waals surface area contributed by atoms with Crippen molar-refractivity contribution in [2.75, 3.05) is 18.6 Å². The lowest BCUT2D eigenvalue weighted by molar-refractivity contribution is -0.140. The van der Waals surface area contributed by atoms with E-state index in [1.807, 2.05) is 0 Å². The molecule has 0 bridgehead atoms. The van der Waals surface area contributed by atoms with Crippen LogP contribution < -0.4 is 10.6 Å². The van der Waals surface area contributed by atoms with Gasteiger partial charge >= 0.3 is 12.0 Å². The van der Waals surface area contributed by atoms with Crippen LogP contribution >= 0.6 is 0 Å². The minimum Gasteiger partial charge on any atom is -0.481 e. The van der Waals surface area contributed by atoms with E-state index in [0.717, 1.165) is 6.26 Å². The fourth-order valence-electron chi connectivity index (χ4n) is 1.10. The zero-order valence-electron chi connectivity index (χ0n) is 10.1. The zero-order valence-corrected chi connectivity index (χ0v) is 10.9. The van der Waals surface area contributed by atoms with Gasteiger partial charge in [0.1, 0.15) is 9.84 Å². The average Bonchev–Trinajstić information content (AvgIpc) is 2.10. The van der Waals surface area contributed by atoms with E-state index >= 15 is 0 Å². The first kappa shape index (κ1) is 15.7. The molecule has 100 valence electrons. The summed E-state index contributed by atoms with van der Waals surface area (Å²) in [7, 11) is -3.15. The largest absolute Gasteiger partial charge is 0.481 e. The van der Waals surface area contributed by atoms with Crippen molar-refractivity contribution in [2.24, 2.45) is 5.92 Å². The molecule has 2 atom stereocenters. The van der Waals surface area contributed by atoms with Crippen LogP contribution in [0.2, 0.25) is 0 Å².